The molecule has 0 spiro atoms. The van der Waals surface area contributed by atoms with E-state index >= 15 is 0 Å². The van der Waals surface area contributed by atoms with Gasteiger partial charge in [-0.05, 0) is 13.8 Å². The van der Waals surface area contributed by atoms with E-state index < -0.39 is 470 Å². The molecule has 60 atom stereocenters. The maximum Gasteiger partial charge on any atom is 0.217 e. The van der Waals surface area contributed by atoms with Crippen molar-refractivity contribution in [2.75, 3.05) is 66.1 Å². The number of hydrogen-bond donors (Lipinski definition) is 36. The molecule has 0 aromatic carbocycles. The minimum Gasteiger partial charge on any atom is -0.394 e. The van der Waals surface area contributed by atoms with Crippen molar-refractivity contribution in [1.29, 1.82) is 0 Å². The Balaban J connectivity index is 1.00. The van der Waals surface area contributed by atoms with E-state index in [1.807, 2.05) is 0 Å². The summed E-state index contributed by atoms with van der Waals surface area (Å²) in [5, 5.41) is 358. The third-order valence-electron chi connectivity index (χ3n) is 27.4. The molecule has 6 amide bonds. The summed E-state index contributed by atoms with van der Waals surface area (Å²) in [5.41, 5.74) is 0. The number of rotatable bonds is 38. The predicted molar refractivity (Wildman–Crippen MR) is 462 cm³/mol. The van der Waals surface area contributed by atoms with Crippen LogP contribution in [-0.2, 0) is 138 Å². The molecule has 65 nitrogen and oxygen atoms in total. The Kier molecular flexibility index (Phi) is 43.8. The second-order valence-corrected chi connectivity index (χ2v) is 38.0. The maximum absolute atomic E-state index is 13.9. The van der Waals surface area contributed by atoms with Gasteiger partial charge >= 0.3 is 0 Å². The smallest absolute Gasteiger partial charge is 0.217 e. The first-order valence-electron chi connectivity index (χ1n) is 47.9. The molecular weight excluding hydrogens is 2040 g/mol. The Bertz CT molecular complexity index is 4230. The number of amides is 6. The van der Waals surface area contributed by atoms with Crippen molar-refractivity contribution in [3.05, 3.63) is 0 Å². The molecule has 65 heteroatoms. The molecule has 0 aliphatic carbocycles. The Morgan fingerprint density at radius 1 is 0.188 bits per heavy atom. The fourth-order valence-corrected chi connectivity index (χ4v) is 19.6. The summed E-state index contributed by atoms with van der Waals surface area (Å²) in [5.74, 6) is -6.06. The van der Waals surface area contributed by atoms with Crippen LogP contribution in [0.3, 0.4) is 0 Å². The Morgan fingerprint density at radius 2 is 0.416 bits per heavy atom. The second kappa shape index (κ2) is 53.4. The van der Waals surface area contributed by atoms with Gasteiger partial charge < -0.3 is 294 Å². The summed E-state index contributed by atoms with van der Waals surface area (Å²) >= 11 is 0. The molecule has 860 valence electrons. The first-order chi connectivity index (χ1) is 70.4. The van der Waals surface area contributed by atoms with Gasteiger partial charge in [-0.25, -0.2) is 0 Å². The molecule has 1 unspecified atom stereocenters. The van der Waals surface area contributed by atoms with Gasteiger partial charge in [-0.1, -0.05) is 0 Å². The first-order valence-corrected chi connectivity index (χ1v) is 47.9. The molecule has 0 radical (unpaired) electrons. The van der Waals surface area contributed by atoms with Crippen LogP contribution in [0.15, 0.2) is 0 Å². The lowest BCUT2D eigenvalue weighted by molar-refractivity contribution is -0.411. The molecular formula is C84H140N6O59. The molecule has 36 N–H and O–H groups in total. The van der Waals surface area contributed by atoms with Gasteiger partial charge in [0.15, 0.2) is 75.5 Å². The lowest BCUT2D eigenvalue weighted by Crippen LogP contribution is -2.72. The Hall–Kier alpha value is -5.30. The summed E-state index contributed by atoms with van der Waals surface area (Å²) in [6.45, 7) is -4.79. The van der Waals surface area contributed by atoms with Crippen molar-refractivity contribution in [3.63, 3.8) is 0 Å². The SMILES string of the molecule is CC(=O)N[C@H]1[C@H](O[C@H]2[C@@H](O)[C@@H](NC(C)=O)C(O)O[C@@H]2CO)O[C@H](CO)[C@@H](O[C@@H]2O[C@H](CO[C@H]3O[C@H](CO)[C@@H](O)[C@H](O)[C@@H]3O[C@@H]3O[C@H](CO)[C@@H](O[C@@H]4O[C@H](CO)[C@H](O)[C@H](O)[C@H]4NC(C)=O)[C@H](O[C@@H]4O[C@@H](C)[C@@H](O)[C@@H](O)[C@@H]4O)[C@H]3NC(C)=O)[C@@H](O[C@@H]3O[C@H](CO)[C@@H](O)[C@H](O)[C@H]3NC(C)=O)[C@H](O[C@H]3O[C@H](CO)[C@@H](O)[C@H](O)[C@@H]3O[C@@H]3O[C@H](CO)[C@@H](O[C@@H]4O[C@H](CO)[C@H](O)[C@H](O)[C@H]4O)[C@H](O[C@@H]4O[C@@H](C)[C@@H](O)[C@@H](O)[C@@H]4O)[C@H]3NC(C)=O)[C@@H]2O)[C@@H]1O. The zero-order chi connectivity index (χ0) is 110. The van der Waals surface area contributed by atoms with Gasteiger partial charge in [-0.3, -0.25) is 28.8 Å². The summed E-state index contributed by atoms with van der Waals surface area (Å²) in [6, 6.07) is -12.2. The highest BCUT2D eigenvalue weighted by Crippen LogP contribution is 2.44. The van der Waals surface area contributed by atoms with Gasteiger partial charge in [0, 0.05) is 41.5 Å². The van der Waals surface area contributed by atoms with Crippen LogP contribution >= 0.6 is 0 Å². The van der Waals surface area contributed by atoms with Gasteiger partial charge in [-0.15, -0.1) is 0 Å². The number of carbonyl (C=O) groups is 6. The molecule has 12 fully saturated rings. The van der Waals surface area contributed by atoms with Crippen molar-refractivity contribution in [3.8, 4) is 0 Å². The topological polar surface area (TPSA) is 994 Å². The Morgan fingerprint density at radius 3 is 0.799 bits per heavy atom. The van der Waals surface area contributed by atoms with Crippen molar-refractivity contribution in [2.45, 2.75) is 423 Å². The normalized spacial score (nSPS) is 49.0. The fraction of sp³-hybridized carbons (Fsp3) is 0.929. The highest BCUT2D eigenvalue weighted by atomic mass is 16.8. The minimum atomic E-state index is -2.89. The van der Waals surface area contributed by atoms with Crippen molar-refractivity contribution in [2.24, 2.45) is 0 Å². The monoisotopic (exact) mass is 2180 g/mol. The summed E-state index contributed by atoms with van der Waals surface area (Å²) in [4.78, 5) is 79.9. The molecule has 12 saturated heterocycles. The molecule has 0 aromatic heterocycles. The van der Waals surface area contributed by atoms with Gasteiger partial charge in [0.25, 0.3) is 0 Å². The van der Waals surface area contributed by atoms with E-state index in [1.165, 1.54) is 13.8 Å². The average Bonchev–Trinajstić information content (AvgIpc) is 0.758. The predicted octanol–water partition coefficient (Wildman–Crippen LogP) is -24.2. The summed E-state index contributed by atoms with van der Waals surface area (Å²) < 4.78 is 144. The number of aliphatic hydroxyl groups excluding tert-OH is 30. The second-order valence-electron chi connectivity index (χ2n) is 38.0. The number of ether oxygens (including phenoxy) is 23. The van der Waals surface area contributed by atoms with E-state index in [0.717, 1.165) is 41.5 Å². The van der Waals surface area contributed by atoms with Crippen LogP contribution < -0.4 is 31.9 Å². The maximum atomic E-state index is 13.9. The van der Waals surface area contributed by atoms with Gasteiger partial charge in [0.05, 0.1) is 78.3 Å². The van der Waals surface area contributed by atoms with E-state index in [1.54, 1.807) is 0 Å². The molecule has 0 bridgehead atoms. The van der Waals surface area contributed by atoms with Gasteiger partial charge in [0.2, 0.25) is 35.4 Å². The van der Waals surface area contributed by atoms with Crippen LogP contribution in [0, 0.1) is 0 Å². The van der Waals surface area contributed by atoms with Crippen LogP contribution in [0.4, 0.5) is 0 Å². The van der Waals surface area contributed by atoms with Crippen molar-refractivity contribution >= 4 is 35.4 Å². The summed E-state index contributed by atoms with van der Waals surface area (Å²) in [6.07, 6.45) is -120. The highest BCUT2D eigenvalue weighted by molar-refractivity contribution is 5.75. The largest absolute Gasteiger partial charge is 0.394 e. The number of carbonyl (C=O) groups excluding carboxylic acids is 6. The number of aliphatic hydroxyl groups is 30. The molecule has 12 aliphatic rings. The number of nitrogens with one attached hydrogen (secondary N) is 6. The quantitative estimate of drug-likeness (QED) is 0.0273. The van der Waals surface area contributed by atoms with Crippen molar-refractivity contribution in [1.82, 2.24) is 31.9 Å². The van der Waals surface area contributed by atoms with Crippen molar-refractivity contribution < 1.29 is 291 Å². The Labute approximate surface area is 845 Å². The lowest BCUT2D eigenvalue weighted by atomic mass is 9.93. The standard InChI is InChI=1S/C84H140N6O59/c1-19-43(106)54(117)59(122)79(128-19)145-68-41(89-25(7)104)77(137-34(16-98)65(68)142-74-38(86-22(4)101)50(113)45(108)27(9-91)131-74)148-71-57(120)48(111)30(12-94)134-83(71)127-18-36-67(143-75-39(87-23(5)102)51(114)46(109)28(10-92)132-75)70(62(125)82(139-36)141-64-33(15-97)136-76(40(53(64)116)88-24(6)103)140-63-32(14-96)130-73(126)37(52(63)115)85-21(3)100)147-84-72(58(121)49(112)31(13-95)135-84)149-78-42(90-26(8)105)69(146-80-60(123)55(118)44(107)20(2)129-80)66(35(17-99)138-78)144-81-61(124)56(119)47(110)29(11-93)133-81/h19-20,27-84,91-99,106-126H,9-18H2,1-8H3,(H,85,100)(H,86,101)(H,87,102)(H,88,103)(H,89,104)(H,90,105)/t19-,20-,27+,28+,29+,30+,31+,32+,33+,34+,35+,36+,37+,38+,39+,40+,41+,42+,43+,44+,45-,46+,47-,48+,49+,50+,51+,52-,53+,54+,55+,56-,57-,58-,59-,60-,61+,62-,63+,64+,65+,66+,67+,68+,69+,70+,71-,72-,73?,74-,75-,76-,77-,78-,79-,80-,81-,82-,83-,84+/m0/s1. The summed E-state index contributed by atoms with van der Waals surface area (Å²) in [7, 11) is 0. The zero-order valence-electron chi connectivity index (χ0n) is 81.0. The number of hydrogen-bond acceptors (Lipinski definition) is 59. The van der Waals surface area contributed by atoms with E-state index in [9.17, 15) is 182 Å². The third kappa shape index (κ3) is 27.3. The first kappa shape index (κ1) is 122. The van der Waals surface area contributed by atoms with Crippen LogP contribution in [0.1, 0.15) is 55.4 Å². The molecule has 0 aromatic rings. The molecule has 149 heavy (non-hydrogen) atoms. The fourth-order valence-electron chi connectivity index (χ4n) is 19.6. The van der Waals surface area contributed by atoms with Gasteiger partial charge in [-0.2, -0.15) is 0 Å². The van der Waals surface area contributed by atoms with Crippen LogP contribution in [0.5, 0.6) is 0 Å². The van der Waals surface area contributed by atoms with Crippen LogP contribution in [-0.4, -0.2) is 623 Å². The molecule has 0 saturated carbocycles. The van der Waals surface area contributed by atoms with E-state index in [2.05, 4.69) is 31.9 Å². The third-order valence-corrected chi connectivity index (χ3v) is 27.4. The molecule has 12 aliphatic heterocycles. The average molecular weight is 2180 g/mol. The zero-order valence-corrected chi connectivity index (χ0v) is 81.0. The van der Waals surface area contributed by atoms with Gasteiger partial charge in [0.1, 0.15) is 280 Å². The minimum absolute atomic E-state index is 0.855. The molecule has 12 heterocycles. The van der Waals surface area contributed by atoms with E-state index in [4.69, 9.17) is 109 Å². The van der Waals surface area contributed by atoms with Crippen LogP contribution in [0.25, 0.3) is 0 Å². The van der Waals surface area contributed by atoms with E-state index in [-0.39, 0.29) is 0 Å². The highest BCUT2D eigenvalue weighted by Gasteiger charge is 2.65. The van der Waals surface area contributed by atoms with E-state index in [0.29, 0.717) is 0 Å². The lowest BCUT2D eigenvalue weighted by Gasteiger charge is -2.53. The van der Waals surface area contributed by atoms with Crippen LogP contribution in [0.2, 0.25) is 0 Å². The molecule has 12 rings (SSSR count).